The average Bonchev–Trinajstić information content (AvgIpc) is 3.26. The van der Waals surface area contributed by atoms with E-state index in [-0.39, 0.29) is 11.7 Å². The van der Waals surface area contributed by atoms with E-state index >= 15 is 0 Å². The van der Waals surface area contributed by atoms with E-state index in [0.717, 1.165) is 35.6 Å². The standard InChI is InChI=1S/C19H18ClN5O/c1-2-5-17-22-18(23-25(17)16-7-4-3-6-14(16)20)19(26)24-11-9-13-12-21-10-8-15(13)24/h3-4,6-8,10,12H,2,5,9,11H2,1H3. The maximum absolute atomic E-state index is 13.0. The summed E-state index contributed by atoms with van der Waals surface area (Å²) in [6, 6.07) is 9.30. The SMILES string of the molecule is CCCc1nc(C(=O)N2CCc3cnccc32)nn1-c1ccccc1Cl. The van der Waals surface area contributed by atoms with Crippen molar-refractivity contribution in [1.29, 1.82) is 0 Å². The number of aryl methyl sites for hydroxylation is 1. The molecule has 0 N–H and O–H groups in total. The third-order valence-corrected chi connectivity index (χ3v) is 4.76. The first-order valence-corrected chi connectivity index (χ1v) is 9.02. The molecule has 3 aromatic rings. The second kappa shape index (κ2) is 6.88. The number of amides is 1. The van der Waals surface area contributed by atoms with Crippen molar-refractivity contribution in [2.24, 2.45) is 0 Å². The number of rotatable bonds is 4. The second-order valence-corrected chi connectivity index (χ2v) is 6.58. The van der Waals surface area contributed by atoms with Gasteiger partial charge in [0, 0.05) is 25.4 Å². The van der Waals surface area contributed by atoms with Gasteiger partial charge >= 0.3 is 0 Å². The van der Waals surface area contributed by atoms with Gasteiger partial charge in [-0.3, -0.25) is 9.78 Å². The molecule has 3 heterocycles. The topological polar surface area (TPSA) is 63.9 Å². The third-order valence-electron chi connectivity index (χ3n) is 4.44. The number of benzene rings is 1. The zero-order valence-corrected chi connectivity index (χ0v) is 15.1. The number of hydrogen-bond acceptors (Lipinski definition) is 4. The Morgan fingerprint density at radius 2 is 2.08 bits per heavy atom. The van der Waals surface area contributed by atoms with Crippen LogP contribution in [0.1, 0.15) is 35.4 Å². The minimum absolute atomic E-state index is 0.193. The van der Waals surface area contributed by atoms with E-state index in [1.807, 2.05) is 24.3 Å². The Morgan fingerprint density at radius 3 is 2.88 bits per heavy atom. The number of carbonyl (C=O) groups excluding carboxylic acids is 1. The first-order valence-electron chi connectivity index (χ1n) is 8.64. The van der Waals surface area contributed by atoms with Crippen molar-refractivity contribution < 1.29 is 4.79 Å². The summed E-state index contributed by atoms with van der Waals surface area (Å²) in [5.41, 5.74) is 2.69. The van der Waals surface area contributed by atoms with Crippen LogP contribution in [0.4, 0.5) is 5.69 Å². The summed E-state index contributed by atoms with van der Waals surface area (Å²) in [5, 5.41) is 5.07. The Bertz CT molecular complexity index is 968. The summed E-state index contributed by atoms with van der Waals surface area (Å²) in [7, 11) is 0. The molecule has 4 rings (SSSR count). The lowest BCUT2D eigenvalue weighted by Crippen LogP contribution is -2.30. The van der Waals surface area contributed by atoms with Gasteiger partial charge in [0.15, 0.2) is 0 Å². The van der Waals surface area contributed by atoms with Gasteiger partial charge in [-0.25, -0.2) is 9.67 Å². The molecule has 1 aliphatic heterocycles. The number of pyridine rings is 1. The van der Waals surface area contributed by atoms with E-state index in [1.54, 1.807) is 28.0 Å². The molecule has 0 atom stereocenters. The largest absolute Gasteiger partial charge is 0.305 e. The van der Waals surface area contributed by atoms with Crippen molar-refractivity contribution in [1.82, 2.24) is 19.7 Å². The van der Waals surface area contributed by atoms with Crippen molar-refractivity contribution in [3.63, 3.8) is 0 Å². The first kappa shape index (κ1) is 16.7. The molecule has 0 saturated heterocycles. The molecule has 7 heteroatoms. The fourth-order valence-electron chi connectivity index (χ4n) is 3.20. The van der Waals surface area contributed by atoms with Crippen molar-refractivity contribution in [3.05, 3.63) is 65.0 Å². The van der Waals surface area contributed by atoms with E-state index in [1.165, 1.54) is 0 Å². The van der Waals surface area contributed by atoms with Crippen LogP contribution < -0.4 is 4.90 Å². The number of aromatic nitrogens is 4. The molecule has 0 aliphatic carbocycles. The highest BCUT2D eigenvalue weighted by molar-refractivity contribution is 6.32. The van der Waals surface area contributed by atoms with Gasteiger partial charge in [-0.05, 0) is 36.6 Å². The van der Waals surface area contributed by atoms with Crippen LogP contribution in [-0.4, -0.2) is 32.2 Å². The van der Waals surface area contributed by atoms with Crippen molar-refractivity contribution in [3.8, 4) is 5.69 Å². The summed E-state index contributed by atoms with van der Waals surface area (Å²) >= 11 is 6.32. The van der Waals surface area contributed by atoms with Crippen LogP contribution in [0.2, 0.25) is 5.02 Å². The maximum Gasteiger partial charge on any atom is 0.297 e. The molecule has 1 aromatic carbocycles. The lowest BCUT2D eigenvalue weighted by Gasteiger charge is -2.14. The van der Waals surface area contributed by atoms with Crippen LogP contribution in [0, 0.1) is 0 Å². The highest BCUT2D eigenvalue weighted by atomic mass is 35.5. The normalized spacial score (nSPS) is 13.1. The van der Waals surface area contributed by atoms with Gasteiger partial charge < -0.3 is 4.90 Å². The van der Waals surface area contributed by atoms with E-state index < -0.39 is 0 Å². The number of carbonyl (C=O) groups is 1. The van der Waals surface area contributed by atoms with Gasteiger partial charge in [-0.15, -0.1) is 5.10 Å². The van der Waals surface area contributed by atoms with Gasteiger partial charge in [0.2, 0.25) is 5.82 Å². The number of nitrogens with zero attached hydrogens (tertiary/aromatic N) is 5. The highest BCUT2D eigenvalue weighted by Crippen LogP contribution is 2.28. The van der Waals surface area contributed by atoms with E-state index in [9.17, 15) is 4.79 Å². The molecule has 0 unspecified atom stereocenters. The highest BCUT2D eigenvalue weighted by Gasteiger charge is 2.29. The van der Waals surface area contributed by atoms with Gasteiger partial charge in [0.1, 0.15) is 5.82 Å². The Kier molecular flexibility index (Phi) is 4.42. The number of anilines is 1. The third kappa shape index (κ3) is 2.86. The minimum Gasteiger partial charge on any atom is -0.305 e. The lowest BCUT2D eigenvalue weighted by atomic mass is 10.2. The van der Waals surface area contributed by atoms with E-state index in [0.29, 0.717) is 18.0 Å². The van der Waals surface area contributed by atoms with Crippen LogP contribution in [0.15, 0.2) is 42.7 Å². The predicted molar refractivity (Wildman–Crippen MR) is 100.0 cm³/mol. The molecule has 0 saturated carbocycles. The molecule has 6 nitrogen and oxygen atoms in total. The van der Waals surface area contributed by atoms with Gasteiger partial charge in [0.25, 0.3) is 5.91 Å². The summed E-state index contributed by atoms with van der Waals surface area (Å²) in [5.74, 6) is 0.731. The smallest absolute Gasteiger partial charge is 0.297 e. The van der Waals surface area contributed by atoms with Gasteiger partial charge in [-0.2, -0.15) is 0 Å². The minimum atomic E-state index is -0.196. The number of para-hydroxylation sites is 1. The zero-order valence-electron chi connectivity index (χ0n) is 14.4. The van der Waals surface area contributed by atoms with Crippen LogP contribution >= 0.6 is 11.6 Å². The maximum atomic E-state index is 13.0. The number of hydrogen-bond donors (Lipinski definition) is 0. The first-order chi connectivity index (χ1) is 12.7. The zero-order chi connectivity index (χ0) is 18.1. The van der Waals surface area contributed by atoms with Gasteiger partial charge in [0.05, 0.1) is 16.4 Å². The average molecular weight is 368 g/mol. The van der Waals surface area contributed by atoms with Crippen molar-refractivity contribution >= 4 is 23.2 Å². The Hall–Kier alpha value is -2.73. The molecular formula is C19H18ClN5O. The van der Waals surface area contributed by atoms with Crippen LogP contribution in [0.5, 0.6) is 0 Å². The molecule has 1 aliphatic rings. The molecule has 0 bridgehead atoms. The summed E-state index contributed by atoms with van der Waals surface area (Å²) in [6.07, 6.45) is 5.91. The van der Waals surface area contributed by atoms with Crippen LogP contribution in [0.3, 0.4) is 0 Å². The number of fused-ring (bicyclic) bond motifs is 1. The predicted octanol–water partition coefficient (Wildman–Crippen LogP) is 3.47. The van der Waals surface area contributed by atoms with E-state index in [4.69, 9.17) is 11.6 Å². The molecule has 132 valence electrons. The van der Waals surface area contributed by atoms with Crippen LogP contribution in [0.25, 0.3) is 5.69 Å². The molecule has 1 amide bonds. The Labute approximate surface area is 156 Å². The molecule has 2 aromatic heterocycles. The quantitative estimate of drug-likeness (QED) is 0.708. The summed E-state index contributed by atoms with van der Waals surface area (Å²) < 4.78 is 1.68. The number of halogens is 1. The Balaban J connectivity index is 1.73. The lowest BCUT2D eigenvalue weighted by molar-refractivity contribution is 0.0979. The fourth-order valence-corrected chi connectivity index (χ4v) is 3.41. The molecule has 0 spiro atoms. The van der Waals surface area contributed by atoms with E-state index in [2.05, 4.69) is 22.0 Å². The molecule has 0 fully saturated rings. The Morgan fingerprint density at radius 1 is 1.23 bits per heavy atom. The fraction of sp³-hybridized carbons (Fsp3) is 0.263. The molecule has 0 radical (unpaired) electrons. The van der Waals surface area contributed by atoms with Crippen molar-refractivity contribution in [2.45, 2.75) is 26.2 Å². The second-order valence-electron chi connectivity index (χ2n) is 6.18. The van der Waals surface area contributed by atoms with Crippen molar-refractivity contribution in [2.75, 3.05) is 11.4 Å². The summed E-state index contributed by atoms with van der Waals surface area (Å²) in [4.78, 5) is 23.4. The van der Waals surface area contributed by atoms with Crippen LogP contribution in [-0.2, 0) is 12.8 Å². The monoisotopic (exact) mass is 367 g/mol. The van der Waals surface area contributed by atoms with Gasteiger partial charge in [-0.1, -0.05) is 30.7 Å². The molecule has 26 heavy (non-hydrogen) atoms. The summed E-state index contributed by atoms with van der Waals surface area (Å²) in [6.45, 7) is 2.68. The molecular weight excluding hydrogens is 350 g/mol.